The lowest BCUT2D eigenvalue weighted by Gasteiger charge is -2.24. The Labute approximate surface area is 210 Å². The van der Waals surface area contributed by atoms with Crippen molar-refractivity contribution < 1.29 is 4.74 Å². The van der Waals surface area contributed by atoms with Crippen LogP contribution < -0.4 is 4.74 Å². The molecule has 0 aliphatic heterocycles. The summed E-state index contributed by atoms with van der Waals surface area (Å²) >= 11 is 0. The van der Waals surface area contributed by atoms with E-state index in [4.69, 9.17) is 9.72 Å². The van der Waals surface area contributed by atoms with Gasteiger partial charge in [-0.1, -0.05) is 92.7 Å². The molecule has 3 nitrogen and oxygen atoms in total. The van der Waals surface area contributed by atoms with Crippen molar-refractivity contribution in [2.45, 2.75) is 46.2 Å². The van der Waals surface area contributed by atoms with Crippen LogP contribution in [-0.4, -0.2) is 23.5 Å². The molecule has 0 aliphatic carbocycles. The summed E-state index contributed by atoms with van der Waals surface area (Å²) in [4.78, 5) is 7.43. The number of aromatic nitrogens is 1. The van der Waals surface area contributed by atoms with Gasteiger partial charge in [0.05, 0.1) is 12.8 Å². The molecule has 180 valence electrons. The number of pyridine rings is 1. The van der Waals surface area contributed by atoms with Crippen LogP contribution in [0, 0.1) is 0 Å². The van der Waals surface area contributed by atoms with Crippen LogP contribution >= 0.6 is 0 Å². The number of rotatable bonds is 11. The molecule has 0 spiro atoms. The van der Waals surface area contributed by atoms with Crippen LogP contribution in [0.4, 0.5) is 0 Å². The lowest BCUT2D eigenvalue weighted by Crippen LogP contribution is -2.25. The molecule has 35 heavy (non-hydrogen) atoms. The zero-order valence-corrected chi connectivity index (χ0v) is 21.2. The van der Waals surface area contributed by atoms with E-state index in [1.165, 1.54) is 27.8 Å². The first-order valence-electron chi connectivity index (χ1n) is 12.7. The van der Waals surface area contributed by atoms with Gasteiger partial charge in [0.2, 0.25) is 0 Å². The van der Waals surface area contributed by atoms with Crippen molar-refractivity contribution in [3.63, 3.8) is 0 Å². The van der Waals surface area contributed by atoms with Crippen molar-refractivity contribution in [1.29, 1.82) is 0 Å². The van der Waals surface area contributed by atoms with Gasteiger partial charge in [0.1, 0.15) is 5.75 Å². The molecule has 0 atom stereocenters. The van der Waals surface area contributed by atoms with Crippen molar-refractivity contribution in [3.05, 3.63) is 119 Å². The predicted molar refractivity (Wildman–Crippen MR) is 146 cm³/mol. The van der Waals surface area contributed by atoms with Crippen molar-refractivity contribution in [3.8, 4) is 17.0 Å². The average molecular weight is 465 g/mol. The van der Waals surface area contributed by atoms with E-state index in [0.29, 0.717) is 0 Å². The summed E-state index contributed by atoms with van der Waals surface area (Å²) in [5, 5.41) is 0. The normalized spacial score (nSPS) is 11.1. The van der Waals surface area contributed by atoms with E-state index in [0.717, 1.165) is 55.9 Å². The van der Waals surface area contributed by atoms with Crippen LogP contribution in [-0.2, 0) is 32.4 Å². The predicted octanol–water partition coefficient (Wildman–Crippen LogP) is 7.13. The molecule has 0 radical (unpaired) electrons. The van der Waals surface area contributed by atoms with Gasteiger partial charge in [0, 0.05) is 43.0 Å². The summed E-state index contributed by atoms with van der Waals surface area (Å²) < 4.78 is 5.90. The van der Waals surface area contributed by atoms with Gasteiger partial charge in [-0.15, -0.1) is 0 Å². The zero-order valence-electron chi connectivity index (χ0n) is 21.2. The number of aryl methyl sites for hydroxylation is 2. The minimum atomic E-state index is 0.786. The molecule has 3 aromatic carbocycles. The van der Waals surface area contributed by atoms with E-state index in [-0.39, 0.29) is 0 Å². The fraction of sp³-hybridized carbons (Fsp3) is 0.281. The number of benzene rings is 3. The maximum atomic E-state index is 5.90. The zero-order chi connectivity index (χ0) is 24.5. The minimum Gasteiger partial charge on any atom is -0.496 e. The van der Waals surface area contributed by atoms with Crippen molar-refractivity contribution in [2.75, 3.05) is 13.7 Å². The van der Waals surface area contributed by atoms with E-state index in [2.05, 4.69) is 104 Å². The number of methoxy groups -OCH3 is 1. The van der Waals surface area contributed by atoms with Gasteiger partial charge < -0.3 is 4.74 Å². The first kappa shape index (κ1) is 24.7. The summed E-state index contributed by atoms with van der Waals surface area (Å²) in [5.41, 5.74) is 8.71. The highest BCUT2D eigenvalue weighted by atomic mass is 16.5. The van der Waals surface area contributed by atoms with E-state index in [9.17, 15) is 0 Å². The van der Waals surface area contributed by atoms with Crippen molar-refractivity contribution in [2.24, 2.45) is 0 Å². The molecule has 0 saturated heterocycles. The molecule has 1 heterocycles. The molecule has 0 amide bonds. The number of nitrogens with zero attached hydrogens (tertiary/aromatic N) is 2. The molecule has 0 saturated carbocycles. The first-order valence-corrected chi connectivity index (χ1v) is 12.7. The van der Waals surface area contributed by atoms with Gasteiger partial charge in [0.25, 0.3) is 0 Å². The van der Waals surface area contributed by atoms with Crippen LogP contribution in [0.25, 0.3) is 11.3 Å². The van der Waals surface area contributed by atoms with Crippen LogP contribution in [0.2, 0.25) is 0 Å². The highest BCUT2D eigenvalue weighted by Crippen LogP contribution is 2.31. The Hall–Kier alpha value is -3.43. The molecule has 4 aromatic rings. The maximum absolute atomic E-state index is 5.90. The van der Waals surface area contributed by atoms with Gasteiger partial charge in [-0.25, -0.2) is 0 Å². The lowest BCUT2D eigenvalue weighted by atomic mass is 9.94. The van der Waals surface area contributed by atoms with Crippen molar-refractivity contribution >= 4 is 0 Å². The minimum absolute atomic E-state index is 0.786. The van der Waals surface area contributed by atoms with Gasteiger partial charge in [-0.3, -0.25) is 9.88 Å². The third-order valence-corrected chi connectivity index (χ3v) is 6.62. The van der Waals surface area contributed by atoms with Crippen LogP contribution in [0.3, 0.4) is 0 Å². The maximum Gasteiger partial charge on any atom is 0.127 e. The first-order chi connectivity index (χ1) is 17.2. The Morgan fingerprint density at radius 2 is 1.34 bits per heavy atom. The molecule has 0 N–H and O–H groups in total. The summed E-state index contributed by atoms with van der Waals surface area (Å²) in [6.07, 6.45) is 4.99. The largest absolute Gasteiger partial charge is 0.496 e. The third kappa shape index (κ3) is 6.37. The molecule has 0 bridgehead atoms. The van der Waals surface area contributed by atoms with Crippen molar-refractivity contribution in [1.82, 2.24) is 9.88 Å². The lowest BCUT2D eigenvalue weighted by molar-refractivity contribution is 0.255. The Kier molecular flexibility index (Phi) is 8.69. The second-order valence-corrected chi connectivity index (χ2v) is 8.97. The van der Waals surface area contributed by atoms with Crippen LogP contribution in [0.15, 0.2) is 91.1 Å². The summed E-state index contributed by atoms with van der Waals surface area (Å²) in [6.45, 7) is 7.05. The molecule has 0 aliphatic rings. The fourth-order valence-corrected chi connectivity index (χ4v) is 4.71. The molecular weight excluding hydrogens is 428 g/mol. The van der Waals surface area contributed by atoms with Crippen LogP contribution in [0.5, 0.6) is 5.75 Å². The number of ether oxygens (including phenoxy) is 1. The van der Waals surface area contributed by atoms with Gasteiger partial charge in [0.15, 0.2) is 0 Å². The molecule has 4 rings (SSSR count). The number of hydrogen-bond acceptors (Lipinski definition) is 3. The quantitative estimate of drug-likeness (QED) is 0.236. The standard InChI is InChI=1S/C32H36N2O/c1-4-27-17-12-18-28(5-2)32(27)30-21-31(35-3)29(22-33-30)24-34(23-26-15-10-7-11-16-26)20-19-25-13-8-6-9-14-25/h6-18,21-22H,4-5,19-20,23-24H2,1-3H3. The van der Waals surface area contributed by atoms with E-state index >= 15 is 0 Å². The topological polar surface area (TPSA) is 25.4 Å². The Balaban J connectivity index is 1.61. The summed E-state index contributed by atoms with van der Waals surface area (Å²) in [7, 11) is 1.76. The van der Waals surface area contributed by atoms with E-state index in [1.54, 1.807) is 7.11 Å². The molecule has 0 fully saturated rings. The Morgan fingerprint density at radius 3 is 1.94 bits per heavy atom. The monoisotopic (exact) mass is 464 g/mol. The summed E-state index contributed by atoms with van der Waals surface area (Å²) in [6, 6.07) is 30.1. The molecule has 3 heteroatoms. The fourth-order valence-electron chi connectivity index (χ4n) is 4.71. The highest BCUT2D eigenvalue weighted by Gasteiger charge is 2.16. The molecule has 0 unspecified atom stereocenters. The smallest absolute Gasteiger partial charge is 0.127 e. The SMILES string of the molecule is CCc1cccc(CC)c1-c1cc(OC)c(CN(CCc2ccccc2)Cc2ccccc2)cn1. The highest BCUT2D eigenvalue weighted by molar-refractivity contribution is 5.69. The van der Waals surface area contributed by atoms with Crippen LogP contribution in [0.1, 0.15) is 41.7 Å². The molecule has 1 aromatic heterocycles. The Bertz CT molecular complexity index is 1180. The van der Waals surface area contributed by atoms with E-state index < -0.39 is 0 Å². The average Bonchev–Trinajstić information content (AvgIpc) is 2.92. The second-order valence-electron chi connectivity index (χ2n) is 8.97. The molecular formula is C32H36N2O. The number of hydrogen-bond donors (Lipinski definition) is 0. The second kappa shape index (κ2) is 12.3. The van der Waals surface area contributed by atoms with Gasteiger partial charge in [-0.2, -0.15) is 0 Å². The third-order valence-electron chi connectivity index (χ3n) is 6.62. The van der Waals surface area contributed by atoms with Gasteiger partial charge in [-0.05, 0) is 41.5 Å². The van der Waals surface area contributed by atoms with Gasteiger partial charge >= 0.3 is 0 Å². The van der Waals surface area contributed by atoms with E-state index in [1.807, 2.05) is 6.20 Å². The summed E-state index contributed by atoms with van der Waals surface area (Å²) in [5.74, 6) is 0.903. The Morgan fingerprint density at radius 1 is 0.714 bits per heavy atom.